The molecule has 4 heterocycles. The quantitative estimate of drug-likeness (QED) is 0.249. The summed E-state index contributed by atoms with van der Waals surface area (Å²) in [6, 6.07) is 7.12. The Hall–Kier alpha value is -4.00. The van der Waals surface area contributed by atoms with Crippen LogP contribution < -0.4 is 4.74 Å². The fourth-order valence-electron chi connectivity index (χ4n) is 6.24. The lowest BCUT2D eigenvalue weighted by atomic mass is 9.79. The number of alkyl halides is 2. The minimum Gasteiger partial charge on any atom is -0.480 e. The maximum atomic E-state index is 14.4. The SMILES string of the molecule is COc1ncc(S(C)(=O)=O)c2c1c1ncc(-c3c(C)nnn3C)cc1n2[C@H](c1ccc(F)cc1)C1CCC(F)(F)CC1. The molecule has 0 N–H and O–H groups in total. The van der Waals surface area contributed by atoms with E-state index >= 15 is 0 Å². The molecule has 0 amide bonds. The lowest BCUT2D eigenvalue weighted by Gasteiger charge is -2.36. The van der Waals surface area contributed by atoms with Crippen LogP contribution in [0.1, 0.15) is 43.0 Å². The van der Waals surface area contributed by atoms with Gasteiger partial charge in [0.2, 0.25) is 11.8 Å². The van der Waals surface area contributed by atoms with E-state index in [1.54, 1.807) is 30.1 Å². The van der Waals surface area contributed by atoms with E-state index in [-0.39, 0.29) is 42.4 Å². The van der Waals surface area contributed by atoms with Crippen molar-refractivity contribution >= 4 is 31.8 Å². The van der Waals surface area contributed by atoms with Gasteiger partial charge in [-0.2, -0.15) is 0 Å². The third-order valence-corrected chi connectivity index (χ3v) is 9.25. The first-order chi connectivity index (χ1) is 19.9. The van der Waals surface area contributed by atoms with Gasteiger partial charge in [0.05, 0.1) is 47.2 Å². The van der Waals surface area contributed by atoms with Gasteiger partial charge in [-0.1, -0.05) is 17.3 Å². The zero-order valence-electron chi connectivity index (χ0n) is 23.5. The third-order valence-electron chi connectivity index (χ3n) is 8.15. The van der Waals surface area contributed by atoms with Gasteiger partial charge in [-0.15, -0.1) is 5.10 Å². The average Bonchev–Trinajstić information content (AvgIpc) is 3.45. The van der Waals surface area contributed by atoms with E-state index in [0.29, 0.717) is 44.5 Å². The van der Waals surface area contributed by atoms with Crippen molar-refractivity contribution < 1.29 is 26.3 Å². The molecule has 4 aromatic heterocycles. The molecule has 0 saturated heterocycles. The smallest absolute Gasteiger partial charge is 0.248 e. The van der Waals surface area contributed by atoms with Crippen LogP contribution in [0.2, 0.25) is 0 Å². The van der Waals surface area contributed by atoms with Crippen molar-refractivity contribution in [1.82, 2.24) is 29.5 Å². The Morgan fingerprint density at radius 2 is 1.79 bits per heavy atom. The lowest BCUT2D eigenvalue weighted by Crippen LogP contribution is -2.30. The predicted octanol–water partition coefficient (Wildman–Crippen LogP) is 5.65. The van der Waals surface area contributed by atoms with Crippen molar-refractivity contribution in [1.29, 1.82) is 0 Å². The fraction of sp³-hybridized carbons (Fsp3) is 0.379. The summed E-state index contributed by atoms with van der Waals surface area (Å²) in [4.78, 5) is 9.03. The summed E-state index contributed by atoms with van der Waals surface area (Å²) in [5.41, 5.74) is 4.00. The molecule has 42 heavy (non-hydrogen) atoms. The second kappa shape index (κ2) is 10.1. The Balaban J connectivity index is 1.76. The van der Waals surface area contributed by atoms with Gasteiger partial charge in [0.1, 0.15) is 16.2 Å². The minimum absolute atomic E-state index is 0.0514. The molecule has 0 unspecified atom stereocenters. The van der Waals surface area contributed by atoms with E-state index in [2.05, 4.69) is 15.3 Å². The van der Waals surface area contributed by atoms with E-state index in [0.717, 1.165) is 6.26 Å². The number of methoxy groups -OCH3 is 1. The number of nitrogens with zero attached hydrogens (tertiary/aromatic N) is 6. The van der Waals surface area contributed by atoms with Gasteiger partial charge in [0, 0.05) is 37.9 Å². The standard InChI is InChI=1S/C29H29F3N6O3S/c1-16-25(37(2)36-35-16)19-13-21-24(33-14-19)23-27(22(42(4,39)40)15-34-28(23)41-3)38(21)26(17-5-7-20(30)8-6-17)18-9-11-29(31,32)12-10-18/h5-8,13-15,18,26H,9-12H2,1-4H3/t26-/m1/s1. The molecule has 1 fully saturated rings. The van der Waals surface area contributed by atoms with Crippen LogP contribution in [0.5, 0.6) is 5.88 Å². The second-order valence-electron chi connectivity index (χ2n) is 10.9. The van der Waals surface area contributed by atoms with Crippen molar-refractivity contribution in [2.45, 2.75) is 49.5 Å². The Labute approximate surface area is 240 Å². The Morgan fingerprint density at radius 1 is 1.10 bits per heavy atom. The molecule has 220 valence electrons. The Morgan fingerprint density at radius 3 is 2.38 bits per heavy atom. The van der Waals surface area contributed by atoms with Crippen LogP contribution in [0.25, 0.3) is 33.2 Å². The molecule has 0 radical (unpaired) electrons. The molecule has 5 aromatic rings. The molecular weight excluding hydrogens is 569 g/mol. The normalized spacial score (nSPS) is 16.7. The maximum Gasteiger partial charge on any atom is 0.248 e. The monoisotopic (exact) mass is 598 g/mol. The molecular formula is C29H29F3N6O3S. The average molecular weight is 599 g/mol. The van der Waals surface area contributed by atoms with Crippen LogP contribution in [0, 0.1) is 18.7 Å². The number of aromatic nitrogens is 6. The highest BCUT2D eigenvalue weighted by Crippen LogP contribution is 2.48. The second-order valence-corrected chi connectivity index (χ2v) is 12.9. The molecule has 1 aliphatic carbocycles. The summed E-state index contributed by atoms with van der Waals surface area (Å²) in [5.74, 6) is -3.37. The van der Waals surface area contributed by atoms with Crippen molar-refractivity contribution in [3.63, 3.8) is 0 Å². The van der Waals surface area contributed by atoms with Gasteiger partial charge in [-0.3, -0.25) is 4.98 Å². The summed E-state index contributed by atoms with van der Waals surface area (Å²) >= 11 is 0. The number of fused-ring (bicyclic) bond motifs is 3. The van der Waals surface area contributed by atoms with E-state index in [1.807, 2.05) is 17.6 Å². The number of hydrogen-bond donors (Lipinski definition) is 0. The van der Waals surface area contributed by atoms with Gasteiger partial charge in [0.25, 0.3) is 0 Å². The van der Waals surface area contributed by atoms with Crippen LogP contribution in [0.15, 0.2) is 47.6 Å². The molecule has 0 aliphatic heterocycles. The van der Waals surface area contributed by atoms with Crippen LogP contribution in [0.4, 0.5) is 13.2 Å². The highest BCUT2D eigenvalue weighted by molar-refractivity contribution is 7.91. The molecule has 1 aliphatic rings. The topological polar surface area (TPSA) is 105 Å². The minimum atomic E-state index is -3.83. The number of benzene rings is 1. The van der Waals surface area contributed by atoms with Gasteiger partial charge >= 0.3 is 0 Å². The first-order valence-electron chi connectivity index (χ1n) is 13.5. The number of ether oxygens (including phenoxy) is 1. The molecule has 13 heteroatoms. The van der Waals surface area contributed by atoms with Gasteiger partial charge in [-0.25, -0.2) is 31.3 Å². The first kappa shape index (κ1) is 28.1. The van der Waals surface area contributed by atoms with Crippen LogP contribution >= 0.6 is 0 Å². The summed E-state index contributed by atoms with van der Waals surface area (Å²) in [6.07, 6.45) is 3.75. The van der Waals surface area contributed by atoms with Crippen molar-refractivity contribution in [2.24, 2.45) is 13.0 Å². The number of sulfone groups is 1. The van der Waals surface area contributed by atoms with Gasteiger partial charge in [0.15, 0.2) is 9.84 Å². The molecule has 1 aromatic carbocycles. The number of pyridine rings is 2. The fourth-order valence-corrected chi connectivity index (χ4v) is 7.04. The van der Waals surface area contributed by atoms with E-state index in [9.17, 15) is 21.6 Å². The number of halogens is 3. The van der Waals surface area contributed by atoms with E-state index < -0.39 is 27.6 Å². The Kier molecular flexibility index (Phi) is 6.75. The summed E-state index contributed by atoms with van der Waals surface area (Å²) < 4.78 is 78.3. The highest BCUT2D eigenvalue weighted by atomic mass is 32.2. The van der Waals surface area contributed by atoms with E-state index in [1.165, 1.54) is 25.4 Å². The van der Waals surface area contributed by atoms with Crippen LogP contribution in [-0.4, -0.2) is 57.2 Å². The predicted molar refractivity (Wildman–Crippen MR) is 151 cm³/mol. The third kappa shape index (κ3) is 4.69. The summed E-state index contributed by atoms with van der Waals surface area (Å²) in [5, 5.41) is 8.64. The van der Waals surface area contributed by atoms with E-state index in [4.69, 9.17) is 9.72 Å². The first-order valence-corrected chi connectivity index (χ1v) is 15.4. The molecule has 1 saturated carbocycles. The number of rotatable bonds is 6. The summed E-state index contributed by atoms with van der Waals surface area (Å²) in [6.45, 7) is 1.82. The number of hydrogen-bond acceptors (Lipinski definition) is 7. The van der Waals surface area contributed by atoms with Crippen LogP contribution in [-0.2, 0) is 16.9 Å². The zero-order chi connectivity index (χ0) is 30.0. The molecule has 9 nitrogen and oxygen atoms in total. The lowest BCUT2D eigenvalue weighted by molar-refractivity contribution is -0.0493. The largest absolute Gasteiger partial charge is 0.480 e. The number of aryl methyl sites for hydroxylation is 2. The molecule has 0 bridgehead atoms. The molecule has 6 rings (SSSR count). The zero-order valence-corrected chi connectivity index (χ0v) is 24.3. The van der Waals surface area contributed by atoms with Crippen molar-refractivity contribution in [3.05, 3.63) is 59.8 Å². The van der Waals surface area contributed by atoms with Crippen molar-refractivity contribution in [2.75, 3.05) is 13.4 Å². The van der Waals surface area contributed by atoms with Gasteiger partial charge < -0.3 is 9.30 Å². The highest BCUT2D eigenvalue weighted by Gasteiger charge is 2.40. The van der Waals surface area contributed by atoms with Gasteiger partial charge in [-0.05, 0) is 49.4 Å². The van der Waals surface area contributed by atoms with Crippen molar-refractivity contribution in [3.8, 4) is 17.1 Å². The maximum absolute atomic E-state index is 14.4. The summed E-state index contributed by atoms with van der Waals surface area (Å²) in [7, 11) is -0.641. The molecule has 0 spiro atoms. The Bertz CT molecular complexity index is 1910. The van der Waals surface area contributed by atoms with Crippen LogP contribution in [0.3, 0.4) is 0 Å². The molecule has 1 atom stereocenters.